The Balaban J connectivity index is 1.49. The number of aromatic amines is 1. The minimum atomic E-state index is -2.79. The molecular weight excluding hydrogens is 371 g/mol. The topological polar surface area (TPSA) is 75.6 Å². The number of nitrogens with zero attached hydrogens (tertiary/aromatic N) is 3. The predicted molar refractivity (Wildman–Crippen MR) is 96.1 cm³/mol. The Morgan fingerprint density at radius 1 is 1.25 bits per heavy atom. The van der Waals surface area contributed by atoms with Gasteiger partial charge in [-0.15, -0.1) is 0 Å². The zero-order valence-corrected chi connectivity index (χ0v) is 15.0. The molecule has 1 atom stereocenters. The van der Waals surface area contributed by atoms with Crippen LogP contribution in [-0.2, 0) is 4.79 Å². The normalized spacial score (nSPS) is 15.0. The Kier molecular flexibility index (Phi) is 4.66. The number of halogens is 3. The molecule has 1 aliphatic carbocycles. The van der Waals surface area contributed by atoms with Crippen LogP contribution >= 0.6 is 0 Å². The van der Waals surface area contributed by atoms with Crippen molar-refractivity contribution in [3.63, 3.8) is 0 Å². The number of hydrogen-bond acceptors (Lipinski definition) is 3. The molecule has 1 amide bonds. The molecule has 1 saturated carbocycles. The van der Waals surface area contributed by atoms with Gasteiger partial charge in [-0.3, -0.25) is 9.89 Å². The predicted octanol–water partition coefficient (Wildman–Crippen LogP) is 4.29. The van der Waals surface area contributed by atoms with Crippen molar-refractivity contribution >= 4 is 11.7 Å². The summed E-state index contributed by atoms with van der Waals surface area (Å²) >= 11 is 0. The van der Waals surface area contributed by atoms with Gasteiger partial charge >= 0.3 is 0 Å². The number of carbonyl (C=O) groups is 1. The Bertz CT molecular complexity index is 1010. The van der Waals surface area contributed by atoms with Crippen LogP contribution in [0.2, 0.25) is 0 Å². The van der Waals surface area contributed by atoms with Gasteiger partial charge in [-0.2, -0.15) is 10.2 Å². The van der Waals surface area contributed by atoms with Crippen molar-refractivity contribution in [2.24, 2.45) is 0 Å². The molecule has 0 bridgehead atoms. The van der Waals surface area contributed by atoms with Gasteiger partial charge in [-0.1, -0.05) is 0 Å². The zero-order valence-electron chi connectivity index (χ0n) is 15.0. The van der Waals surface area contributed by atoms with Gasteiger partial charge in [0.05, 0.1) is 17.8 Å². The van der Waals surface area contributed by atoms with Gasteiger partial charge in [0.15, 0.2) is 5.82 Å². The fraction of sp³-hybridized carbons (Fsp3) is 0.316. The number of H-pyrrole nitrogens is 1. The van der Waals surface area contributed by atoms with Crippen molar-refractivity contribution in [2.75, 3.05) is 5.32 Å². The van der Waals surface area contributed by atoms with E-state index in [9.17, 15) is 18.0 Å². The summed E-state index contributed by atoms with van der Waals surface area (Å²) in [7, 11) is 0. The van der Waals surface area contributed by atoms with E-state index in [1.165, 1.54) is 23.1 Å². The summed E-state index contributed by atoms with van der Waals surface area (Å²) in [6.07, 6.45) is 2.44. The second-order valence-electron chi connectivity index (χ2n) is 6.96. The third-order valence-electron chi connectivity index (χ3n) is 4.78. The van der Waals surface area contributed by atoms with E-state index in [0.29, 0.717) is 17.3 Å². The van der Waals surface area contributed by atoms with Crippen LogP contribution in [0.15, 0.2) is 36.7 Å². The SMILES string of the molecule is CC(C(=O)Nc1cc(C2CC2)[nH]n1)c1cnn(-c2cc(F)cc(C(F)F)c2)c1. The summed E-state index contributed by atoms with van der Waals surface area (Å²) in [5.41, 5.74) is 1.31. The van der Waals surface area contributed by atoms with Crippen LogP contribution in [0.25, 0.3) is 5.69 Å². The van der Waals surface area contributed by atoms with Gasteiger partial charge in [-0.05, 0) is 38.0 Å². The molecule has 9 heteroatoms. The standard InChI is InChI=1S/C19H18F3N5O/c1-10(19(28)24-17-7-16(25-26-17)11-2-3-11)13-8-23-27(9-13)15-5-12(18(21)22)4-14(20)6-15/h4-11,18H,2-3H2,1H3,(H2,24,25,26,28). The fourth-order valence-electron chi connectivity index (χ4n) is 2.95. The van der Waals surface area contributed by atoms with E-state index in [1.807, 2.05) is 6.07 Å². The molecule has 0 aliphatic heterocycles. The molecule has 2 aromatic heterocycles. The van der Waals surface area contributed by atoms with Crippen LogP contribution in [0.5, 0.6) is 0 Å². The zero-order chi connectivity index (χ0) is 19.8. The molecule has 2 N–H and O–H groups in total. The van der Waals surface area contributed by atoms with Crippen molar-refractivity contribution in [2.45, 2.75) is 38.0 Å². The Morgan fingerprint density at radius 3 is 2.75 bits per heavy atom. The molecule has 146 valence electrons. The maximum absolute atomic E-state index is 13.6. The van der Waals surface area contributed by atoms with Crippen LogP contribution in [0.3, 0.4) is 0 Å². The lowest BCUT2D eigenvalue weighted by Gasteiger charge is -2.09. The van der Waals surface area contributed by atoms with Gasteiger partial charge in [0.1, 0.15) is 5.82 Å². The molecule has 28 heavy (non-hydrogen) atoms. The highest BCUT2D eigenvalue weighted by Gasteiger charge is 2.26. The lowest BCUT2D eigenvalue weighted by molar-refractivity contribution is -0.117. The number of alkyl halides is 2. The highest BCUT2D eigenvalue weighted by molar-refractivity contribution is 5.94. The third kappa shape index (κ3) is 3.78. The average molecular weight is 389 g/mol. The monoisotopic (exact) mass is 389 g/mol. The number of rotatable bonds is 6. The number of aromatic nitrogens is 4. The van der Waals surface area contributed by atoms with Crippen LogP contribution < -0.4 is 5.32 Å². The number of nitrogens with one attached hydrogen (secondary N) is 2. The Morgan fingerprint density at radius 2 is 2.04 bits per heavy atom. The molecule has 1 aliphatic rings. The molecule has 1 fully saturated rings. The minimum absolute atomic E-state index is 0.163. The van der Waals surface area contributed by atoms with E-state index in [4.69, 9.17) is 0 Å². The van der Waals surface area contributed by atoms with Gasteiger partial charge in [0.25, 0.3) is 6.43 Å². The fourth-order valence-corrected chi connectivity index (χ4v) is 2.95. The smallest absolute Gasteiger partial charge is 0.264 e. The molecule has 1 unspecified atom stereocenters. The number of anilines is 1. The van der Waals surface area contributed by atoms with Crippen LogP contribution in [-0.4, -0.2) is 25.9 Å². The van der Waals surface area contributed by atoms with Gasteiger partial charge in [0, 0.05) is 35.0 Å². The molecular formula is C19H18F3N5O. The Hall–Kier alpha value is -3.10. The summed E-state index contributed by atoms with van der Waals surface area (Å²) in [6, 6.07) is 4.88. The summed E-state index contributed by atoms with van der Waals surface area (Å²) in [5.74, 6) is -0.657. The summed E-state index contributed by atoms with van der Waals surface area (Å²) in [4.78, 5) is 12.5. The van der Waals surface area contributed by atoms with E-state index in [0.717, 1.165) is 30.7 Å². The maximum Gasteiger partial charge on any atom is 0.264 e. The molecule has 1 aromatic carbocycles. The van der Waals surface area contributed by atoms with Crippen LogP contribution in [0.1, 0.15) is 54.8 Å². The molecule has 4 rings (SSSR count). The molecule has 0 spiro atoms. The number of carbonyl (C=O) groups excluding carboxylic acids is 1. The van der Waals surface area contributed by atoms with E-state index < -0.39 is 23.7 Å². The van der Waals surface area contributed by atoms with Crippen LogP contribution in [0, 0.1) is 5.82 Å². The van der Waals surface area contributed by atoms with Crippen molar-refractivity contribution in [3.05, 3.63) is 59.3 Å². The number of hydrogen-bond donors (Lipinski definition) is 2. The van der Waals surface area contributed by atoms with Crippen molar-refractivity contribution < 1.29 is 18.0 Å². The minimum Gasteiger partial charge on any atom is -0.309 e. The van der Waals surface area contributed by atoms with Crippen molar-refractivity contribution in [1.82, 2.24) is 20.0 Å². The van der Waals surface area contributed by atoms with E-state index in [2.05, 4.69) is 20.6 Å². The first-order valence-electron chi connectivity index (χ1n) is 8.90. The molecule has 0 radical (unpaired) electrons. The van der Waals surface area contributed by atoms with Gasteiger partial charge < -0.3 is 5.32 Å². The summed E-state index contributed by atoms with van der Waals surface area (Å²) < 4.78 is 40.7. The second kappa shape index (κ2) is 7.14. The first kappa shape index (κ1) is 18.3. The average Bonchev–Trinajstić information content (AvgIpc) is 3.21. The first-order valence-corrected chi connectivity index (χ1v) is 8.90. The summed E-state index contributed by atoms with van der Waals surface area (Å²) in [6.45, 7) is 1.70. The highest BCUT2D eigenvalue weighted by Crippen LogP contribution is 2.39. The maximum atomic E-state index is 13.6. The van der Waals surface area contributed by atoms with Crippen molar-refractivity contribution in [3.8, 4) is 5.69 Å². The van der Waals surface area contributed by atoms with Gasteiger partial charge in [0.2, 0.25) is 5.91 Å². The van der Waals surface area contributed by atoms with Crippen molar-refractivity contribution in [1.29, 1.82) is 0 Å². The van der Waals surface area contributed by atoms with E-state index >= 15 is 0 Å². The lowest BCUT2D eigenvalue weighted by atomic mass is 10.0. The van der Waals surface area contributed by atoms with Crippen LogP contribution in [0.4, 0.5) is 19.0 Å². The quantitative estimate of drug-likeness (QED) is 0.660. The number of benzene rings is 1. The molecule has 3 aromatic rings. The molecule has 2 heterocycles. The molecule has 0 saturated heterocycles. The van der Waals surface area contributed by atoms with E-state index in [1.54, 1.807) is 6.92 Å². The number of amides is 1. The highest BCUT2D eigenvalue weighted by atomic mass is 19.3. The third-order valence-corrected chi connectivity index (χ3v) is 4.78. The Labute approximate surface area is 158 Å². The second-order valence-corrected chi connectivity index (χ2v) is 6.96. The largest absolute Gasteiger partial charge is 0.309 e. The summed E-state index contributed by atoms with van der Waals surface area (Å²) in [5, 5.41) is 13.8. The van der Waals surface area contributed by atoms with E-state index in [-0.39, 0.29) is 11.6 Å². The lowest BCUT2D eigenvalue weighted by Crippen LogP contribution is -2.18. The first-order chi connectivity index (χ1) is 13.4. The molecule has 6 nitrogen and oxygen atoms in total. The van der Waals surface area contributed by atoms with Gasteiger partial charge in [-0.25, -0.2) is 17.9 Å².